The van der Waals surface area contributed by atoms with Crippen molar-refractivity contribution >= 4 is 5.97 Å². The van der Waals surface area contributed by atoms with Gasteiger partial charge in [0.2, 0.25) is 0 Å². The van der Waals surface area contributed by atoms with Crippen molar-refractivity contribution in [3.05, 3.63) is 0 Å². The number of carbonyl (C=O) groups is 1. The van der Waals surface area contributed by atoms with Gasteiger partial charge < -0.3 is 15.2 Å². The molecular formula is C11H21NO3. The summed E-state index contributed by atoms with van der Waals surface area (Å²) >= 11 is 0. The summed E-state index contributed by atoms with van der Waals surface area (Å²) in [5.41, 5.74) is -0.0733. The van der Waals surface area contributed by atoms with E-state index in [0.717, 1.165) is 25.8 Å². The highest BCUT2D eigenvalue weighted by Gasteiger charge is 2.32. The maximum Gasteiger partial charge on any atom is 0.305 e. The third-order valence-electron chi connectivity index (χ3n) is 3.15. The fourth-order valence-electron chi connectivity index (χ4n) is 2.13. The molecule has 0 spiro atoms. The van der Waals surface area contributed by atoms with Crippen LogP contribution in [0.15, 0.2) is 0 Å². The van der Waals surface area contributed by atoms with E-state index in [1.165, 1.54) is 20.0 Å². The Balaban J connectivity index is 2.15. The summed E-state index contributed by atoms with van der Waals surface area (Å²) in [6.45, 7) is 0.973. The summed E-state index contributed by atoms with van der Waals surface area (Å²) in [4.78, 5) is 10.9. The third kappa shape index (κ3) is 3.80. The quantitative estimate of drug-likeness (QED) is 0.509. The lowest BCUT2D eigenvalue weighted by Crippen LogP contribution is -2.46. The van der Waals surface area contributed by atoms with Gasteiger partial charge in [0, 0.05) is 12.0 Å². The zero-order valence-electron chi connectivity index (χ0n) is 9.42. The summed E-state index contributed by atoms with van der Waals surface area (Å²) in [6, 6.07) is 0. The molecule has 0 radical (unpaired) electrons. The molecule has 0 unspecified atom stereocenters. The van der Waals surface area contributed by atoms with Gasteiger partial charge in [-0.05, 0) is 25.8 Å². The van der Waals surface area contributed by atoms with Crippen LogP contribution < -0.4 is 5.32 Å². The van der Waals surface area contributed by atoms with Crippen LogP contribution in [-0.4, -0.2) is 36.9 Å². The van der Waals surface area contributed by atoms with E-state index in [4.69, 9.17) is 0 Å². The summed E-state index contributed by atoms with van der Waals surface area (Å²) in [7, 11) is 1.40. The second-order valence-electron chi connectivity index (χ2n) is 4.25. The molecule has 0 aromatic rings. The normalized spacial score (nSPS) is 19.1. The first-order chi connectivity index (χ1) is 7.22. The molecular weight excluding hydrogens is 194 g/mol. The van der Waals surface area contributed by atoms with Gasteiger partial charge in [0.05, 0.1) is 13.7 Å². The van der Waals surface area contributed by atoms with Gasteiger partial charge in [-0.25, -0.2) is 0 Å². The lowest BCUT2D eigenvalue weighted by atomic mass is 9.99. The first-order valence-corrected chi connectivity index (χ1v) is 5.65. The molecule has 4 nitrogen and oxygen atoms in total. The monoisotopic (exact) mass is 215 g/mol. The Morgan fingerprint density at radius 3 is 2.67 bits per heavy atom. The molecule has 0 atom stereocenters. The molecule has 88 valence electrons. The summed E-state index contributed by atoms with van der Waals surface area (Å²) in [6.07, 6.45) is 5.68. The van der Waals surface area contributed by atoms with E-state index in [2.05, 4.69) is 10.1 Å². The maximum absolute atomic E-state index is 10.9. The molecule has 1 saturated carbocycles. The van der Waals surface area contributed by atoms with Crippen molar-refractivity contribution in [2.75, 3.05) is 20.3 Å². The van der Waals surface area contributed by atoms with E-state index in [-0.39, 0.29) is 18.1 Å². The minimum Gasteiger partial charge on any atom is -0.469 e. The SMILES string of the molecule is COC(=O)CCCNC1(CO)CCCC1. The van der Waals surface area contributed by atoms with Crippen molar-refractivity contribution in [3.8, 4) is 0 Å². The average Bonchev–Trinajstić information content (AvgIpc) is 2.73. The number of ether oxygens (including phenoxy) is 1. The highest BCUT2D eigenvalue weighted by molar-refractivity contribution is 5.69. The average molecular weight is 215 g/mol. The molecule has 1 aliphatic rings. The second kappa shape index (κ2) is 6.08. The molecule has 0 aromatic carbocycles. The van der Waals surface area contributed by atoms with Gasteiger partial charge in [-0.2, -0.15) is 0 Å². The molecule has 1 fully saturated rings. The fourth-order valence-corrected chi connectivity index (χ4v) is 2.13. The highest BCUT2D eigenvalue weighted by Crippen LogP contribution is 2.28. The lowest BCUT2D eigenvalue weighted by molar-refractivity contribution is -0.140. The lowest BCUT2D eigenvalue weighted by Gasteiger charge is -2.28. The number of esters is 1. The minimum atomic E-state index is -0.165. The molecule has 0 amide bonds. The van der Waals surface area contributed by atoms with Crippen LogP contribution in [0.2, 0.25) is 0 Å². The summed E-state index contributed by atoms with van der Waals surface area (Å²) in [5.74, 6) is -0.165. The van der Waals surface area contributed by atoms with Crippen molar-refractivity contribution in [1.82, 2.24) is 5.32 Å². The van der Waals surface area contributed by atoms with Crippen LogP contribution in [0.4, 0.5) is 0 Å². The van der Waals surface area contributed by atoms with Gasteiger partial charge in [0.15, 0.2) is 0 Å². The molecule has 1 aliphatic carbocycles. The zero-order chi connectivity index (χ0) is 11.1. The number of hydrogen-bond donors (Lipinski definition) is 2. The van der Waals surface area contributed by atoms with Crippen LogP contribution in [0, 0.1) is 0 Å². The van der Waals surface area contributed by atoms with Crippen molar-refractivity contribution in [1.29, 1.82) is 0 Å². The van der Waals surface area contributed by atoms with Gasteiger partial charge >= 0.3 is 5.97 Å². The standard InChI is InChI=1S/C11H21NO3/c1-15-10(14)5-4-8-12-11(9-13)6-2-3-7-11/h12-13H,2-9H2,1H3. The van der Waals surface area contributed by atoms with E-state index >= 15 is 0 Å². The van der Waals surface area contributed by atoms with Gasteiger partial charge in [0.1, 0.15) is 0 Å². The smallest absolute Gasteiger partial charge is 0.305 e. The molecule has 0 aromatic heterocycles. The molecule has 0 aliphatic heterocycles. The molecule has 0 saturated heterocycles. The van der Waals surface area contributed by atoms with E-state index in [0.29, 0.717) is 6.42 Å². The first kappa shape index (κ1) is 12.5. The molecule has 2 N–H and O–H groups in total. The Bertz CT molecular complexity index is 200. The number of carbonyl (C=O) groups excluding carboxylic acids is 1. The largest absolute Gasteiger partial charge is 0.469 e. The van der Waals surface area contributed by atoms with Crippen LogP contribution in [0.1, 0.15) is 38.5 Å². The number of hydrogen-bond acceptors (Lipinski definition) is 4. The van der Waals surface area contributed by atoms with Crippen LogP contribution in [-0.2, 0) is 9.53 Å². The third-order valence-corrected chi connectivity index (χ3v) is 3.15. The van der Waals surface area contributed by atoms with Crippen molar-refractivity contribution in [3.63, 3.8) is 0 Å². The Morgan fingerprint density at radius 2 is 2.13 bits per heavy atom. The number of methoxy groups -OCH3 is 1. The van der Waals surface area contributed by atoms with Gasteiger partial charge in [0.25, 0.3) is 0 Å². The predicted octanol–water partition coefficient (Wildman–Crippen LogP) is 0.834. The van der Waals surface area contributed by atoms with Crippen LogP contribution in [0.3, 0.4) is 0 Å². The Kier molecular flexibility index (Phi) is 5.05. The number of rotatable bonds is 6. The predicted molar refractivity (Wildman–Crippen MR) is 57.5 cm³/mol. The van der Waals surface area contributed by atoms with E-state index in [9.17, 15) is 9.90 Å². The molecule has 0 bridgehead atoms. The Morgan fingerprint density at radius 1 is 1.47 bits per heavy atom. The summed E-state index contributed by atoms with van der Waals surface area (Å²) < 4.78 is 4.56. The number of aliphatic hydroxyl groups is 1. The van der Waals surface area contributed by atoms with Crippen molar-refractivity contribution < 1.29 is 14.6 Å². The topological polar surface area (TPSA) is 58.6 Å². The summed E-state index contributed by atoms with van der Waals surface area (Å²) in [5, 5.41) is 12.7. The number of aliphatic hydroxyl groups excluding tert-OH is 1. The van der Waals surface area contributed by atoms with Crippen LogP contribution in [0.5, 0.6) is 0 Å². The van der Waals surface area contributed by atoms with Crippen LogP contribution in [0.25, 0.3) is 0 Å². The second-order valence-corrected chi connectivity index (χ2v) is 4.25. The van der Waals surface area contributed by atoms with Crippen LogP contribution >= 0.6 is 0 Å². The minimum absolute atomic E-state index is 0.0733. The Labute approximate surface area is 91.0 Å². The maximum atomic E-state index is 10.9. The highest BCUT2D eigenvalue weighted by atomic mass is 16.5. The van der Waals surface area contributed by atoms with Gasteiger partial charge in [-0.3, -0.25) is 4.79 Å². The molecule has 1 rings (SSSR count). The zero-order valence-corrected chi connectivity index (χ0v) is 9.42. The van der Waals surface area contributed by atoms with E-state index in [1.807, 2.05) is 0 Å². The van der Waals surface area contributed by atoms with Gasteiger partial charge in [-0.1, -0.05) is 12.8 Å². The molecule has 4 heteroatoms. The van der Waals surface area contributed by atoms with Crippen molar-refractivity contribution in [2.45, 2.75) is 44.1 Å². The fraction of sp³-hybridized carbons (Fsp3) is 0.909. The first-order valence-electron chi connectivity index (χ1n) is 5.65. The van der Waals surface area contributed by atoms with Crippen molar-refractivity contribution in [2.24, 2.45) is 0 Å². The number of nitrogens with one attached hydrogen (secondary N) is 1. The van der Waals surface area contributed by atoms with E-state index in [1.54, 1.807) is 0 Å². The van der Waals surface area contributed by atoms with E-state index < -0.39 is 0 Å². The molecule has 0 heterocycles. The molecule has 15 heavy (non-hydrogen) atoms. The Hall–Kier alpha value is -0.610. The van der Waals surface area contributed by atoms with Gasteiger partial charge in [-0.15, -0.1) is 0 Å².